The number of aromatic nitrogens is 1. The molecule has 0 aliphatic heterocycles. The Hall–Kier alpha value is -2.28. The number of hydrogen-bond donors (Lipinski definition) is 1. The summed E-state index contributed by atoms with van der Waals surface area (Å²) in [5, 5.41) is 9.43. The maximum atomic E-state index is 13.3. The minimum Gasteiger partial charge on any atom is -0.478 e. The molecule has 1 aromatic heterocycles. The number of carboxylic acid groups (broad SMARTS) is 1. The Morgan fingerprint density at radius 3 is 2.62 bits per heavy atom. The lowest BCUT2D eigenvalue weighted by atomic mass is 10.1. The number of carboxylic acids is 1. The van der Waals surface area contributed by atoms with E-state index in [-0.39, 0.29) is 16.1 Å². The Kier molecular flexibility index (Phi) is 4.04. The summed E-state index contributed by atoms with van der Waals surface area (Å²) in [6, 6.07) is 3.92. The maximum Gasteiger partial charge on any atom is 0.340 e. The van der Waals surface area contributed by atoms with Gasteiger partial charge >= 0.3 is 5.97 Å². The lowest BCUT2D eigenvalue weighted by Gasteiger charge is -2.17. The van der Waals surface area contributed by atoms with Crippen LogP contribution < -0.4 is 4.90 Å². The summed E-state index contributed by atoms with van der Waals surface area (Å²) >= 11 is 0.926. The van der Waals surface area contributed by atoms with Crippen molar-refractivity contribution < 1.29 is 19.1 Å². The minimum absolute atomic E-state index is 0.00935. The van der Waals surface area contributed by atoms with Crippen LogP contribution >= 0.6 is 11.5 Å². The molecule has 21 heavy (non-hydrogen) atoms. The molecule has 0 aliphatic carbocycles. The second-order valence-corrected chi connectivity index (χ2v) is 5.33. The van der Waals surface area contributed by atoms with Crippen LogP contribution in [0.4, 0.5) is 9.39 Å². The highest BCUT2D eigenvalue weighted by molar-refractivity contribution is 7.11. The Morgan fingerprint density at radius 1 is 1.33 bits per heavy atom. The van der Waals surface area contributed by atoms with Crippen molar-refractivity contribution in [2.24, 2.45) is 0 Å². The van der Waals surface area contributed by atoms with Crippen LogP contribution in [0.5, 0.6) is 0 Å². The van der Waals surface area contributed by atoms with Gasteiger partial charge in [-0.1, -0.05) is 6.07 Å². The number of amides is 1. The highest BCUT2D eigenvalue weighted by Gasteiger charge is 2.25. The molecular formula is C14H13FN2O3S. The van der Waals surface area contributed by atoms with Crippen molar-refractivity contribution in [2.75, 3.05) is 11.9 Å². The highest BCUT2D eigenvalue weighted by atomic mass is 32.1. The van der Waals surface area contributed by atoms with E-state index in [9.17, 15) is 19.1 Å². The topological polar surface area (TPSA) is 70.5 Å². The molecule has 0 fully saturated rings. The molecule has 0 atom stereocenters. The molecule has 0 spiro atoms. The number of halogens is 1. The molecule has 7 heteroatoms. The molecular weight excluding hydrogens is 295 g/mol. The zero-order valence-corrected chi connectivity index (χ0v) is 12.5. The van der Waals surface area contributed by atoms with Crippen molar-refractivity contribution in [3.63, 3.8) is 0 Å². The smallest absolute Gasteiger partial charge is 0.340 e. The first-order chi connectivity index (χ1) is 9.82. The number of carbonyl (C=O) groups excluding carboxylic acids is 1. The summed E-state index contributed by atoms with van der Waals surface area (Å²) < 4.78 is 17.3. The van der Waals surface area contributed by atoms with Gasteiger partial charge in [-0.15, -0.1) is 0 Å². The van der Waals surface area contributed by atoms with Crippen molar-refractivity contribution >= 4 is 28.4 Å². The van der Waals surface area contributed by atoms with Crippen LogP contribution in [0.15, 0.2) is 18.2 Å². The number of anilines is 1. The zero-order chi connectivity index (χ0) is 15.7. The lowest BCUT2D eigenvalue weighted by Crippen LogP contribution is -2.27. The quantitative estimate of drug-likeness (QED) is 0.946. The zero-order valence-electron chi connectivity index (χ0n) is 11.7. The normalized spacial score (nSPS) is 10.5. The number of carbonyl (C=O) groups is 2. The monoisotopic (exact) mass is 308 g/mol. The van der Waals surface area contributed by atoms with Gasteiger partial charge in [-0.05, 0) is 43.1 Å². The van der Waals surface area contributed by atoms with E-state index in [4.69, 9.17) is 0 Å². The first-order valence-electron chi connectivity index (χ1n) is 6.06. The van der Waals surface area contributed by atoms with E-state index in [0.29, 0.717) is 11.3 Å². The van der Waals surface area contributed by atoms with Crippen LogP contribution in [-0.4, -0.2) is 28.4 Å². The molecule has 5 nitrogen and oxygen atoms in total. The second-order valence-electron chi connectivity index (χ2n) is 4.58. The maximum absolute atomic E-state index is 13.3. The first kappa shape index (κ1) is 15.1. The summed E-state index contributed by atoms with van der Waals surface area (Å²) in [4.78, 5) is 24.9. The second kappa shape index (κ2) is 5.61. The Bertz CT molecular complexity index is 727. The molecule has 0 radical (unpaired) electrons. The number of benzene rings is 1. The average Bonchev–Trinajstić information content (AvgIpc) is 2.81. The van der Waals surface area contributed by atoms with Gasteiger partial charge in [0.1, 0.15) is 16.4 Å². The van der Waals surface area contributed by atoms with E-state index in [0.717, 1.165) is 17.6 Å². The standard InChI is InChI=1S/C14H13FN2O3S/c1-7-4-5-9(15)6-10(7)12(18)17(3)13-11(14(19)20)8(2)16-21-13/h4-6H,1-3H3,(H,19,20). The van der Waals surface area contributed by atoms with E-state index in [2.05, 4.69) is 4.37 Å². The van der Waals surface area contributed by atoms with E-state index in [1.165, 1.54) is 24.1 Å². The fourth-order valence-corrected chi connectivity index (χ4v) is 2.78. The van der Waals surface area contributed by atoms with Gasteiger partial charge in [-0.25, -0.2) is 9.18 Å². The molecule has 0 unspecified atom stereocenters. The molecule has 0 saturated heterocycles. The molecule has 0 aliphatic rings. The van der Waals surface area contributed by atoms with Gasteiger partial charge in [0.05, 0.1) is 5.69 Å². The van der Waals surface area contributed by atoms with Crippen LogP contribution in [0.3, 0.4) is 0 Å². The summed E-state index contributed by atoms with van der Waals surface area (Å²) in [5.41, 5.74) is 1.15. The SMILES string of the molecule is Cc1ccc(F)cc1C(=O)N(C)c1snc(C)c1C(=O)O. The number of aryl methyl sites for hydroxylation is 2. The van der Waals surface area contributed by atoms with Crippen molar-refractivity contribution in [3.05, 3.63) is 46.4 Å². The van der Waals surface area contributed by atoms with Gasteiger partial charge in [0.2, 0.25) is 0 Å². The molecule has 110 valence electrons. The van der Waals surface area contributed by atoms with Crippen LogP contribution in [-0.2, 0) is 0 Å². The van der Waals surface area contributed by atoms with E-state index in [1.54, 1.807) is 13.8 Å². The minimum atomic E-state index is -1.15. The van der Waals surface area contributed by atoms with Crippen LogP contribution in [0.25, 0.3) is 0 Å². The molecule has 2 rings (SSSR count). The number of nitrogens with zero attached hydrogens (tertiary/aromatic N) is 2. The Morgan fingerprint density at radius 2 is 2.00 bits per heavy atom. The van der Waals surface area contributed by atoms with Crippen molar-refractivity contribution in [3.8, 4) is 0 Å². The summed E-state index contributed by atoms with van der Waals surface area (Å²) in [7, 11) is 1.45. The number of rotatable bonds is 3. The number of aromatic carboxylic acids is 1. The molecule has 2 aromatic rings. The summed E-state index contributed by atoms with van der Waals surface area (Å²) in [6.07, 6.45) is 0. The fourth-order valence-electron chi connectivity index (χ4n) is 1.93. The van der Waals surface area contributed by atoms with E-state index in [1.807, 2.05) is 0 Å². The average molecular weight is 308 g/mol. The Labute approximate surface area is 124 Å². The van der Waals surface area contributed by atoms with Crippen LogP contribution in [0.2, 0.25) is 0 Å². The van der Waals surface area contributed by atoms with E-state index >= 15 is 0 Å². The van der Waals surface area contributed by atoms with Crippen molar-refractivity contribution in [1.82, 2.24) is 4.37 Å². The molecule has 1 heterocycles. The predicted octanol–water partition coefficient (Wildman–Crippen LogP) is 2.87. The third kappa shape index (κ3) is 2.78. The van der Waals surface area contributed by atoms with Crippen LogP contribution in [0.1, 0.15) is 32.0 Å². The van der Waals surface area contributed by atoms with Gasteiger partial charge in [0.15, 0.2) is 0 Å². The Balaban J connectivity index is 2.45. The van der Waals surface area contributed by atoms with Crippen molar-refractivity contribution in [1.29, 1.82) is 0 Å². The van der Waals surface area contributed by atoms with Crippen LogP contribution in [0, 0.1) is 19.7 Å². The van der Waals surface area contributed by atoms with Gasteiger partial charge < -0.3 is 10.0 Å². The fraction of sp³-hybridized carbons (Fsp3) is 0.214. The van der Waals surface area contributed by atoms with Gasteiger partial charge in [0.25, 0.3) is 5.91 Å². The van der Waals surface area contributed by atoms with Gasteiger partial charge in [-0.3, -0.25) is 4.79 Å². The van der Waals surface area contributed by atoms with Crippen molar-refractivity contribution in [2.45, 2.75) is 13.8 Å². The molecule has 0 saturated carbocycles. The predicted molar refractivity (Wildman–Crippen MR) is 77.7 cm³/mol. The molecule has 1 aromatic carbocycles. The summed E-state index contributed by atoms with van der Waals surface area (Å²) in [6.45, 7) is 3.26. The highest BCUT2D eigenvalue weighted by Crippen LogP contribution is 2.29. The van der Waals surface area contributed by atoms with Gasteiger partial charge in [0, 0.05) is 12.6 Å². The number of hydrogen-bond acceptors (Lipinski definition) is 4. The van der Waals surface area contributed by atoms with Gasteiger partial charge in [-0.2, -0.15) is 4.37 Å². The first-order valence-corrected chi connectivity index (χ1v) is 6.84. The molecule has 1 N–H and O–H groups in total. The third-order valence-corrected chi connectivity index (χ3v) is 4.11. The summed E-state index contributed by atoms with van der Waals surface area (Å²) in [5.74, 6) is -2.14. The lowest BCUT2D eigenvalue weighted by molar-refractivity contribution is 0.0697. The molecule has 1 amide bonds. The van der Waals surface area contributed by atoms with E-state index < -0.39 is 17.7 Å². The third-order valence-electron chi connectivity index (χ3n) is 3.10. The largest absolute Gasteiger partial charge is 0.478 e. The molecule has 0 bridgehead atoms.